The summed E-state index contributed by atoms with van der Waals surface area (Å²) in [6.07, 6.45) is 0. The molecule has 0 spiro atoms. The van der Waals surface area contributed by atoms with Gasteiger partial charge in [0.15, 0.2) is 5.75 Å². The fourth-order valence-corrected chi connectivity index (χ4v) is 1.39. The van der Waals surface area contributed by atoms with Gasteiger partial charge in [-0.05, 0) is 11.6 Å². The number of nitro groups is 1. The molecule has 0 saturated heterocycles. The van der Waals surface area contributed by atoms with E-state index in [1.54, 1.807) is 12.1 Å². The summed E-state index contributed by atoms with van der Waals surface area (Å²) >= 11 is 0. The molecular weight excluding hydrogens is 212 g/mol. The monoisotopic (exact) mass is 226 g/mol. The second kappa shape index (κ2) is 5.43. The molecule has 6 nitrogen and oxygen atoms in total. The second-order valence-electron chi connectivity index (χ2n) is 3.42. The van der Waals surface area contributed by atoms with Crippen molar-refractivity contribution in [1.29, 1.82) is 0 Å². The van der Waals surface area contributed by atoms with Gasteiger partial charge < -0.3 is 9.57 Å². The molecule has 88 valence electrons. The van der Waals surface area contributed by atoms with Crippen molar-refractivity contribution in [2.24, 2.45) is 5.90 Å². The van der Waals surface area contributed by atoms with E-state index in [-0.39, 0.29) is 17.4 Å². The standard InChI is InChI=1S/C10H14N2O4/c1-7(6-16-11)8-3-4-9(12(13)14)10(5-8)15-2/h3-5,7H,6,11H2,1-2H3. The number of nitro benzene ring substituents is 1. The van der Waals surface area contributed by atoms with Gasteiger partial charge in [-0.2, -0.15) is 0 Å². The molecule has 0 aliphatic heterocycles. The Hall–Kier alpha value is -1.66. The molecule has 16 heavy (non-hydrogen) atoms. The van der Waals surface area contributed by atoms with Crippen LogP contribution in [0.2, 0.25) is 0 Å². The lowest BCUT2D eigenvalue weighted by atomic mass is 10.0. The maximum absolute atomic E-state index is 10.7. The molecule has 2 N–H and O–H groups in total. The highest BCUT2D eigenvalue weighted by Crippen LogP contribution is 2.30. The lowest BCUT2D eigenvalue weighted by molar-refractivity contribution is -0.385. The van der Waals surface area contributed by atoms with E-state index in [1.165, 1.54) is 13.2 Å². The lowest BCUT2D eigenvalue weighted by Crippen LogP contribution is -2.08. The predicted molar refractivity (Wildman–Crippen MR) is 58.2 cm³/mol. The van der Waals surface area contributed by atoms with E-state index < -0.39 is 4.92 Å². The number of nitrogens with zero attached hydrogens (tertiary/aromatic N) is 1. The highest BCUT2D eigenvalue weighted by molar-refractivity contribution is 5.49. The van der Waals surface area contributed by atoms with E-state index >= 15 is 0 Å². The van der Waals surface area contributed by atoms with Gasteiger partial charge >= 0.3 is 5.69 Å². The van der Waals surface area contributed by atoms with E-state index in [0.29, 0.717) is 6.61 Å². The molecule has 1 atom stereocenters. The summed E-state index contributed by atoms with van der Waals surface area (Å²) in [6, 6.07) is 4.72. The quantitative estimate of drug-likeness (QED) is 0.608. The second-order valence-corrected chi connectivity index (χ2v) is 3.42. The van der Waals surface area contributed by atoms with Crippen molar-refractivity contribution >= 4 is 5.69 Å². The van der Waals surface area contributed by atoms with Crippen LogP contribution in [0.4, 0.5) is 5.69 Å². The molecule has 1 unspecified atom stereocenters. The van der Waals surface area contributed by atoms with E-state index in [2.05, 4.69) is 4.84 Å². The summed E-state index contributed by atoms with van der Waals surface area (Å²) in [5.74, 6) is 5.27. The van der Waals surface area contributed by atoms with Gasteiger partial charge in [0.1, 0.15) is 0 Å². The maximum atomic E-state index is 10.7. The average molecular weight is 226 g/mol. The van der Waals surface area contributed by atoms with Crippen LogP contribution in [0.15, 0.2) is 18.2 Å². The summed E-state index contributed by atoms with van der Waals surface area (Å²) in [7, 11) is 1.40. The molecule has 1 rings (SSSR count). The van der Waals surface area contributed by atoms with E-state index in [1.807, 2.05) is 6.92 Å². The Morgan fingerprint density at radius 1 is 1.56 bits per heavy atom. The number of hydrogen-bond donors (Lipinski definition) is 1. The van der Waals surface area contributed by atoms with E-state index in [9.17, 15) is 10.1 Å². The van der Waals surface area contributed by atoms with Gasteiger partial charge in [-0.15, -0.1) is 0 Å². The Morgan fingerprint density at radius 2 is 2.25 bits per heavy atom. The zero-order valence-electron chi connectivity index (χ0n) is 9.17. The molecule has 6 heteroatoms. The first-order valence-corrected chi connectivity index (χ1v) is 4.74. The third kappa shape index (κ3) is 2.68. The number of benzene rings is 1. The van der Waals surface area contributed by atoms with Gasteiger partial charge in [-0.25, -0.2) is 5.90 Å². The Bertz CT molecular complexity index is 381. The van der Waals surface area contributed by atoms with Gasteiger partial charge in [0, 0.05) is 12.0 Å². The van der Waals surface area contributed by atoms with Gasteiger partial charge in [-0.1, -0.05) is 13.0 Å². The molecule has 0 aromatic heterocycles. The molecule has 0 radical (unpaired) electrons. The van der Waals surface area contributed by atoms with Crippen molar-refractivity contribution in [2.75, 3.05) is 13.7 Å². The Kier molecular flexibility index (Phi) is 4.21. The average Bonchev–Trinajstić information content (AvgIpc) is 2.28. The molecule has 1 aromatic carbocycles. The SMILES string of the molecule is COc1cc(C(C)CON)ccc1[N+](=O)[O-]. The summed E-state index contributed by atoms with van der Waals surface area (Å²) in [5, 5.41) is 10.7. The van der Waals surface area contributed by atoms with E-state index in [4.69, 9.17) is 10.6 Å². The third-order valence-electron chi connectivity index (χ3n) is 2.32. The first-order valence-electron chi connectivity index (χ1n) is 4.74. The van der Waals surface area contributed by atoms with Crippen LogP contribution < -0.4 is 10.6 Å². The Morgan fingerprint density at radius 3 is 2.75 bits per heavy atom. The fraction of sp³-hybridized carbons (Fsp3) is 0.400. The van der Waals surface area contributed by atoms with Crippen molar-refractivity contribution in [1.82, 2.24) is 0 Å². The van der Waals surface area contributed by atoms with Crippen LogP contribution in [-0.2, 0) is 4.84 Å². The van der Waals surface area contributed by atoms with Gasteiger partial charge in [0.2, 0.25) is 0 Å². The maximum Gasteiger partial charge on any atom is 0.310 e. The lowest BCUT2D eigenvalue weighted by Gasteiger charge is -2.11. The molecular formula is C10H14N2O4. The minimum atomic E-state index is -0.479. The highest BCUT2D eigenvalue weighted by Gasteiger charge is 2.16. The summed E-state index contributed by atoms with van der Waals surface area (Å²) in [4.78, 5) is 14.7. The van der Waals surface area contributed by atoms with Crippen LogP contribution in [0.3, 0.4) is 0 Å². The van der Waals surface area contributed by atoms with Crippen LogP contribution in [0.25, 0.3) is 0 Å². The zero-order valence-corrected chi connectivity index (χ0v) is 9.17. The number of ether oxygens (including phenoxy) is 1. The Balaban J connectivity index is 3.03. The van der Waals surface area contributed by atoms with Crippen molar-refractivity contribution in [3.05, 3.63) is 33.9 Å². The first kappa shape index (κ1) is 12.4. The molecule has 0 aliphatic carbocycles. The van der Waals surface area contributed by atoms with Crippen LogP contribution in [0.5, 0.6) is 5.75 Å². The molecule has 0 bridgehead atoms. The van der Waals surface area contributed by atoms with Gasteiger partial charge in [-0.3, -0.25) is 10.1 Å². The molecule has 0 saturated carbocycles. The number of hydrogen-bond acceptors (Lipinski definition) is 5. The Labute approximate surface area is 93.1 Å². The summed E-state index contributed by atoms with van der Waals surface area (Å²) in [5.41, 5.74) is 0.833. The molecule has 1 aromatic rings. The third-order valence-corrected chi connectivity index (χ3v) is 2.32. The smallest absolute Gasteiger partial charge is 0.310 e. The molecule has 0 fully saturated rings. The van der Waals surface area contributed by atoms with Crippen molar-refractivity contribution in [2.45, 2.75) is 12.8 Å². The summed E-state index contributed by atoms with van der Waals surface area (Å²) in [6.45, 7) is 2.26. The highest BCUT2D eigenvalue weighted by atomic mass is 16.6. The van der Waals surface area contributed by atoms with Gasteiger partial charge in [0.25, 0.3) is 0 Å². The predicted octanol–water partition coefficient (Wildman–Crippen LogP) is 1.60. The van der Waals surface area contributed by atoms with Crippen molar-refractivity contribution in [3.8, 4) is 5.75 Å². The largest absolute Gasteiger partial charge is 0.490 e. The van der Waals surface area contributed by atoms with Crippen LogP contribution >= 0.6 is 0 Å². The van der Waals surface area contributed by atoms with Crippen molar-refractivity contribution < 1.29 is 14.5 Å². The zero-order chi connectivity index (χ0) is 12.1. The first-order chi connectivity index (χ1) is 7.60. The topological polar surface area (TPSA) is 87.6 Å². The molecule has 0 amide bonds. The summed E-state index contributed by atoms with van der Waals surface area (Å²) < 4.78 is 4.96. The molecule has 0 aliphatic rings. The minimum Gasteiger partial charge on any atom is -0.490 e. The molecule has 0 heterocycles. The normalized spacial score (nSPS) is 12.2. The van der Waals surface area contributed by atoms with Crippen LogP contribution in [0, 0.1) is 10.1 Å². The van der Waals surface area contributed by atoms with Crippen molar-refractivity contribution in [3.63, 3.8) is 0 Å². The van der Waals surface area contributed by atoms with E-state index in [0.717, 1.165) is 5.56 Å². The number of rotatable bonds is 5. The number of nitrogens with two attached hydrogens (primary N) is 1. The number of methoxy groups -OCH3 is 1. The van der Waals surface area contributed by atoms with Crippen LogP contribution in [-0.4, -0.2) is 18.6 Å². The minimum absolute atomic E-state index is 0.0490. The van der Waals surface area contributed by atoms with Gasteiger partial charge in [0.05, 0.1) is 18.6 Å². The fourth-order valence-electron chi connectivity index (χ4n) is 1.39. The van der Waals surface area contributed by atoms with Crippen LogP contribution in [0.1, 0.15) is 18.4 Å².